The summed E-state index contributed by atoms with van der Waals surface area (Å²) in [5.41, 5.74) is 1.15. The molecule has 12 nitrogen and oxygen atoms in total. The molecule has 3 unspecified atom stereocenters. The molecule has 0 aliphatic carbocycles. The summed E-state index contributed by atoms with van der Waals surface area (Å²) in [5.74, 6) is -1.63. The fraction of sp³-hybridized carbons (Fsp3) is 0.525. The van der Waals surface area contributed by atoms with Crippen molar-refractivity contribution in [2.45, 2.75) is 103 Å². The van der Waals surface area contributed by atoms with Crippen LogP contribution in [0.1, 0.15) is 77.8 Å². The molecule has 3 N–H and O–H groups in total. The lowest BCUT2D eigenvalue weighted by Gasteiger charge is -2.29. The van der Waals surface area contributed by atoms with Crippen molar-refractivity contribution in [3.63, 3.8) is 0 Å². The average molecular weight is 721 g/mol. The van der Waals surface area contributed by atoms with Crippen molar-refractivity contribution < 1.29 is 38.2 Å². The van der Waals surface area contributed by atoms with Gasteiger partial charge in [0.15, 0.2) is 0 Å². The van der Waals surface area contributed by atoms with E-state index in [1.165, 1.54) is 7.11 Å². The summed E-state index contributed by atoms with van der Waals surface area (Å²) in [4.78, 5) is 67.0. The maximum atomic E-state index is 14.2. The molecule has 3 rings (SSSR count). The number of rotatable bonds is 17. The number of likely N-dealkylation sites (tertiary alicyclic amines) is 1. The van der Waals surface area contributed by atoms with E-state index in [1.807, 2.05) is 72.8 Å². The Hall–Kier alpha value is -4.87. The summed E-state index contributed by atoms with van der Waals surface area (Å²) in [7, 11) is 1.25. The lowest BCUT2D eigenvalue weighted by Crippen LogP contribution is -2.52. The highest BCUT2D eigenvalue weighted by atomic mass is 16.6. The molecular weight excluding hydrogens is 664 g/mol. The first kappa shape index (κ1) is 41.5. The predicted octanol–water partition coefficient (Wildman–Crippen LogP) is 5.70. The van der Waals surface area contributed by atoms with E-state index >= 15 is 0 Å². The molecule has 284 valence electrons. The number of carbonyl (C=O) groups is 5. The van der Waals surface area contributed by atoms with E-state index in [2.05, 4.69) is 29.8 Å². The van der Waals surface area contributed by atoms with Crippen molar-refractivity contribution in [1.82, 2.24) is 20.9 Å². The van der Waals surface area contributed by atoms with Crippen molar-refractivity contribution in [2.75, 3.05) is 20.2 Å². The van der Waals surface area contributed by atoms with Gasteiger partial charge in [-0.3, -0.25) is 9.59 Å². The zero-order chi connectivity index (χ0) is 38.1. The van der Waals surface area contributed by atoms with Crippen LogP contribution in [0.2, 0.25) is 0 Å². The van der Waals surface area contributed by atoms with Gasteiger partial charge in [-0.1, -0.05) is 86.7 Å². The highest BCUT2D eigenvalue weighted by molar-refractivity contribution is 5.92. The van der Waals surface area contributed by atoms with Gasteiger partial charge in [0.1, 0.15) is 24.3 Å². The Labute approximate surface area is 308 Å². The number of alkyl carbamates (subject to hydrolysis) is 2. The van der Waals surface area contributed by atoms with Crippen LogP contribution in [0.4, 0.5) is 9.59 Å². The van der Waals surface area contributed by atoms with Crippen LogP contribution in [0, 0.1) is 11.8 Å². The van der Waals surface area contributed by atoms with Crippen molar-refractivity contribution in [2.24, 2.45) is 11.8 Å². The van der Waals surface area contributed by atoms with E-state index in [0.717, 1.165) is 11.1 Å². The second kappa shape index (κ2) is 20.8. The average Bonchev–Trinajstić information content (AvgIpc) is 3.60. The first-order valence-electron chi connectivity index (χ1n) is 18.1. The zero-order valence-electron chi connectivity index (χ0n) is 31.4. The fourth-order valence-electron chi connectivity index (χ4n) is 5.97. The van der Waals surface area contributed by atoms with Gasteiger partial charge in [0, 0.05) is 13.1 Å². The SMILES string of the molecule is COC(=O)C(CCCNC(=O)OCc1ccccc1)NC(=O)[C@@H]1CCCN1C(=O)C(/C=C/C(CC(C)C)NC(=O)OC(C)(C)C)Cc1ccccc1. The number of methoxy groups -OCH3 is 1. The van der Waals surface area contributed by atoms with E-state index in [1.54, 1.807) is 25.7 Å². The summed E-state index contributed by atoms with van der Waals surface area (Å²) in [6.45, 7) is 10.2. The highest BCUT2D eigenvalue weighted by Gasteiger charge is 2.38. The summed E-state index contributed by atoms with van der Waals surface area (Å²) in [5, 5.41) is 8.39. The number of amides is 4. The molecule has 4 amide bonds. The minimum Gasteiger partial charge on any atom is -0.467 e. The number of hydrogen-bond donors (Lipinski definition) is 3. The van der Waals surface area contributed by atoms with E-state index in [4.69, 9.17) is 14.2 Å². The molecule has 2 aromatic rings. The molecule has 52 heavy (non-hydrogen) atoms. The van der Waals surface area contributed by atoms with Crippen molar-refractivity contribution in [3.8, 4) is 0 Å². The van der Waals surface area contributed by atoms with Crippen LogP contribution in [0.25, 0.3) is 0 Å². The van der Waals surface area contributed by atoms with Gasteiger partial charge in [-0.25, -0.2) is 14.4 Å². The van der Waals surface area contributed by atoms with Gasteiger partial charge >= 0.3 is 18.2 Å². The topological polar surface area (TPSA) is 152 Å². The molecule has 0 saturated carbocycles. The van der Waals surface area contributed by atoms with Gasteiger partial charge in [0.25, 0.3) is 0 Å². The molecule has 0 bridgehead atoms. The van der Waals surface area contributed by atoms with Crippen LogP contribution >= 0.6 is 0 Å². The minimum absolute atomic E-state index is 0.133. The standard InChI is InChI=1S/C40H56N4O8/c1-28(2)25-32(42-39(49)52-40(3,4)5)22-21-31(26-29-15-9-7-10-16-29)36(46)44-24-14-20-34(44)35(45)43-33(37(47)50-6)19-13-23-41-38(48)51-27-30-17-11-8-12-18-30/h7-12,15-18,21-22,28,31-34H,13-14,19-20,23-27H2,1-6H3,(H,41,48)(H,42,49)(H,43,45)/b22-21+/t31?,32?,33?,34-/m0/s1. The molecule has 1 fully saturated rings. The largest absolute Gasteiger partial charge is 0.467 e. The second-order valence-corrected chi connectivity index (χ2v) is 14.5. The quantitative estimate of drug-likeness (QED) is 0.0816. The minimum atomic E-state index is -0.965. The van der Waals surface area contributed by atoms with Gasteiger partial charge in [-0.05, 0) is 76.3 Å². The summed E-state index contributed by atoms with van der Waals surface area (Å²) in [6, 6.07) is 16.8. The maximum absolute atomic E-state index is 14.2. The molecule has 4 atom stereocenters. The van der Waals surface area contributed by atoms with E-state index in [-0.39, 0.29) is 37.4 Å². The van der Waals surface area contributed by atoms with Gasteiger partial charge in [0.2, 0.25) is 11.8 Å². The monoisotopic (exact) mass is 720 g/mol. The molecule has 2 aromatic carbocycles. The highest BCUT2D eigenvalue weighted by Crippen LogP contribution is 2.24. The molecule has 12 heteroatoms. The Morgan fingerprint density at radius 1 is 0.904 bits per heavy atom. The van der Waals surface area contributed by atoms with Crippen molar-refractivity contribution in [3.05, 3.63) is 83.9 Å². The molecule has 1 aliphatic heterocycles. The Morgan fingerprint density at radius 3 is 2.17 bits per heavy atom. The van der Waals surface area contributed by atoms with Gasteiger partial charge in [-0.2, -0.15) is 0 Å². The van der Waals surface area contributed by atoms with Crippen LogP contribution in [0.3, 0.4) is 0 Å². The number of benzene rings is 2. The molecule has 0 aromatic heterocycles. The summed E-state index contributed by atoms with van der Waals surface area (Å²) in [6.07, 6.45) is 5.22. The number of esters is 1. The molecule has 0 spiro atoms. The summed E-state index contributed by atoms with van der Waals surface area (Å²) < 4.78 is 15.7. The smallest absolute Gasteiger partial charge is 0.408 e. The number of ether oxygens (including phenoxy) is 3. The zero-order valence-corrected chi connectivity index (χ0v) is 31.4. The van der Waals surface area contributed by atoms with Crippen LogP contribution in [-0.4, -0.2) is 78.8 Å². The van der Waals surface area contributed by atoms with Crippen molar-refractivity contribution >= 4 is 30.0 Å². The number of nitrogens with zero attached hydrogens (tertiary/aromatic N) is 1. The lowest BCUT2D eigenvalue weighted by atomic mass is 9.95. The number of hydrogen-bond acceptors (Lipinski definition) is 8. The maximum Gasteiger partial charge on any atom is 0.408 e. The number of nitrogens with one attached hydrogen (secondary N) is 3. The molecule has 1 saturated heterocycles. The van der Waals surface area contributed by atoms with Crippen LogP contribution in [-0.2, 0) is 41.6 Å². The lowest BCUT2D eigenvalue weighted by molar-refractivity contribution is -0.146. The van der Waals surface area contributed by atoms with Crippen molar-refractivity contribution in [1.29, 1.82) is 0 Å². The van der Waals surface area contributed by atoms with Gasteiger partial charge < -0.3 is 35.1 Å². The van der Waals surface area contributed by atoms with Gasteiger partial charge in [-0.15, -0.1) is 0 Å². The Balaban J connectivity index is 1.67. The Bertz CT molecular complexity index is 1480. The molecule has 1 heterocycles. The molecule has 1 aliphatic rings. The second-order valence-electron chi connectivity index (χ2n) is 14.5. The normalized spacial score (nSPS) is 16.1. The van der Waals surface area contributed by atoms with E-state index in [0.29, 0.717) is 38.6 Å². The third kappa shape index (κ3) is 14.8. The third-order valence-electron chi connectivity index (χ3n) is 8.41. The third-order valence-corrected chi connectivity index (χ3v) is 8.41. The van der Waals surface area contributed by atoms with Crippen LogP contribution in [0.5, 0.6) is 0 Å². The first-order valence-corrected chi connectivity index (χ1v) is 18.1. The Morgan fingerprint density at radius 2 is 1.56 bits per heavy atom. The fourth-order valence-corrected chi connectivity index (χ4v) is 5.97. The Kier molecular flexibility index (Phi) is 16.7. The van der Waals surface area contributed by atoms with Gasteiger partial charge in [0.05, 0.1) is 19.1 Å². The first-order chi connectivity index (χ1) is 24.8. The summed E-state index contributed by atoms with van der Waals surface area (Å²) >= 11 is 0. The van der Waals surface area contributed by atoms with E-state index in [9.17, 15) is 24.0 Å². The van der Waals surface area contributed by atoms with E-state index < -0.39 is 47.7 Å². The molecular formula is C40H56N4O8. The van der Waals surface area contributed by atoms with Crippen LogP contribution < -0.4 is 16.0 Å². The number of carbonyl (C=O) groups excluding carboxylic acids is 5. The predicted molar refractivity (Wildman–Crippen MR) is 198 cm³/mol. The molecule has 0 radical (unpaired) electrons. The van der Waals surface area contributed by atoms with Crippen LogP contribution in [0.15, 0.2) is 72.8 Å².